The number of benzene rings is 2. The summed E-state index contributed by atoms with van der Waals surface area (Å²) in [6, 6.07) is 10.5. The molecule has 20 heavy (non-hydrogen) atoms. The fourth-order valence-electron chi connectivity index (χ4n) is 2.91. The van der Waals surface area contributed by atoms with Crippen LogP contribution in [-0.4, -0.2) is 18.7 Å². The molecule has 0 radical (unpaired) electrons. The highest BCUT2D eigenvalue weighted by Crippen LogP contribution is 2.26. The molecule has 1 heterocycles. The van der Waals surface area contributed by atoms with Gasteiger partial charge in [-0.3, -0.25) is 4.79 Å². The molecule has 0 atom stereocenters. The van der Waals surface area contributed by atoms with Crippen LogP contribution in [0.25, 0.3) is 0 Å². The Morgan fingerprint density at radius 2 is 2.10 bits per heavy atom. The number of rotatable bonds is 2. The Labute approximate surface area is 118 Å². The van der Waals surface area contributed by atoms with Crippen molar-refractivity contribution in [2.45, 2.75) is 20.0 Å². The Morgan fingerprint density at radius 1 is 1.30 bits per heavy atom. The van der Waals surface area contributed by atoms with Gasteiger partial charge in [-0.15, -0.1) is 0 Å². The Hall–Kier alpha value is -2.10. The van der Waals surface area contributed by atoms with Gasteiger partial charge in [0.15, 0.2) is 0 Å². The van der Waals surface area contributed by atoms with Crippen LogP contribution in [0.4, 0.5) is 4.39 Å². The molecule has 0 unspecified atom stereocenters. The second-order valence-electron chi connectivity index (χ2n) is 5.41. The van der Waals surface area contributed by atoms with Crippen molar-refractivity contribution < 1.29 is 9.18 Å². The quantitative estimate of drug-likeness (QED) is 0.756. The first-order chi connectivity index (χ1) is 9.54. The van der Waals surface area contributed by atoms with E-state index in [1.807, 2.05) is 26.9 Å². The molecular weight excluding hydrogens is 252 g/mol. The van der Waals surface area contributed by atoms with Crippen molar-refractivity contribution in [2.24, 2.45) is 0 Å². The Bertz CT molecular complexity index is 699. The normalized spacial score (nSPS) is 13.7. The number of carbonyl (C=O) groups is 1. The molecule has 0 fully saturated rings. The van der Waals surface area contributed by atoms with E-state index in [0.717, 1.165) is 22.3 Å². The summed E-state index contributed by atoms with van der Waals surface area (Å²) >= 11 is 0. The van der Waals surface area contributed by atoms with Gasteiger partial charge in [0.25, 0.3) is 5.91 Å². The maximum Gasteiger partial charge on any atom is 0.255 e. The van der Waals surface area contributed by atoms with Gasteiger partial charge in [-0.1, -0.05) is 29.7 Å². The number of hydrogen-bond acceptors (Lipinski definition) is 1. The van der Waals surface area contributed by atoms with Crippen LogP contribution in [0.1, 0.15) is 27.0 Å². The average Bonchev–Trinajstić information content (AvgIpc) is 2.66. The van der Waals surface area contributed by atoms with Gasteiger partial charge in [0.2, 0.25) is 0 Å². The summed E-state index contributed by atoms with van der Waals surface area (Å²) in [7, 11) is 2.03. The predicted octanol–water partition coefficient (Wildman–Crippen LogP) is 1.55. The molecule has 2 aromatic carbocycles. The Balaban J connectivity index is 1.89. The fourth-order valence-corrected chi connectivity index (χ4v) is 2.91. The van der Waals surface area contributed by atoms with Crippen LogP contribution in [0.5, 0.6) is 0 Å². The van der Waals surface area contributed by atoms with Crippen molar-refractivity contribution in [1.82, 2.24) is 4.90 Å². The molecule has 2 aromatic rings. The van der Waals surface area contributed by atoms with Gasteiger partial charge in [-0.2, -0.15) is 0 Å². The zero-order chi connectivity index (χ0) is 14.3. The second kappa shape index (κ2) is 4.78. The first-order valence-corrected chi connectivity index (χ1v) is 6.68. The molecule has 0 saturated carbocycles. The molecule has 0 spiro atoms. The smallest absolute Gasteiger partial charge is 0.255 e. The van der Waals surface area contributed by atoms with E-state index in [4.69, 9.17) is 0 Å². The van der Waals surface area contributed by atoms with E-state index in [1.165, 1.54) is 17.6 Å². The molecule has 0 saturated heterocycles. The number of nitrogens with zero attached hydrogens (tertiary/aromatic N) is 1. The highest BCUT2D eigenvalue weighted by molar-refractivity contribution is 6.32. The van der Waals surface area contributed by atoms with Crippen molar-refractivity contribution in [3.8, 4) is 0 Å². The molecule has 1 aliphatic heterocycles. The van der Waals surface area contributed by atoms with Crippen molar-refractivity contribution >= 4 is 19.2 Å². The first kappa shape index (κ1) is 12.9. The highest BCUT2D eigenvalue weighted by Gasteiger charge is 2.28. The van der Waals surface area contributed by atoms with E-state index < -0.39 is 0 Å². The average molecular weight is 267 g/mol. The van der Waals surface area contributed by atoms with Crippen molar-refractivity contribution in [3.63, 3.8) is 0 Å². The molecule has 0 aliphatic carbocycles. The number of halogens is 1. The molecule has 0 aromatic heterocycles. The van der Waals surface area contributed by atoms with E-state index >= 15 is 0 Å². The monoisotopic (exact) mass is 267 g/mol. The largest absolute Gasteiger partial charge is 0.330 e. The topological polar surface area (TPSA) is 20.3 Å². The van der Waals surface area contributed by atoms with Gasteiger partial charge in [-0.25, -0.2) is 4.39 Å². The molecule has 1 aliphatic rings. The van der Waals surface area contributed by atoms with E-state index in [1.54, 1.807) is 11.0 Å². The molecule has 0 N–H and O–H groups in total. The van der Waals surface area contributed by atoms with Gasteiger partial charge in [0, 0.05) is 18.7 Å². The summed E-state index contributed by atoms with van der Waals surface area (Å²) in [4.78, 5) is 14.2. The lowest BCUT2D eigenvalue weighted by Gasteiger charge is -2.15. The fraction of sp³-hybridized carbons (Fsp3) is 0.188. The standard InChI is InChI=1S/C16H15BFNO/c1-10-5-13(17)7-12-9-19(16(20)15(10)12)8-11-3-2-4-14(18)6-11/h2-7H,8-9,17H2,1H3. The summed E-state index contributed by atoms with van der Waals surface area (Å²) in [5.41, 5.74) is 4.89. The SMILES string of the molecule is Bc1cc(C)c2c(c1)CN(Cc1cccc(F)c1)C2=O. The molecule has 4 heteroatoms. The lowest BCUT2D eigenvalue weighted by molar-refractivity contribution is 0.0766. The summed E-state index contributed by atoms with van der Waals surface area (Å²) in [6.45, 7) is 3.02. The molecule has 2 nitrogen and oxygen atoms in total. The van der Waals surface area contributed by atoms with Crippen molar-refractivity contribution in [3.05, 3.63) is 64.5 Å². The number of aryl methyl sites for hydroxylation is 1. The van der Waals surface area contributed by atoms with Crippen LogP contribution >= 0.6 is 0 Å². The van der Waals surface area contributed by atoms with Crippen molar-refractivity contribution in [1.29, 1.82) is 0 Å². The van der Waals surface area contributed by atoms with Crippen molar-refractivity contribution in [2.75, 3.05) is 0 Å². The second-order valence-corrected chi connectivity index (χ2v) is 5.41. The minimum atomic E-state index is -0.265. The van der Waals surface area contributed by atoms with Crippen LogP contribution in [0.15, 0.2) is 36.4 Å². The zero-order valence-electron chi connectivity index (χ0n) is 11.6. The number of carbonyl (C=O) groups excluding carboxylic acids is 1. The molecule has 1 amide bonds. The van der Waals surface area contributed by atoms with Gasteiger partial charge in [-0.05, 0) is 35.7 Å². The maximum absolute atomic E-state index is 13.2. The van der Waals surface area contributed by atoms with E-state index in [0.29, 0.717) is 13.1 Å². The maximum atomic E-state index is 13.2. The van der Waals surface area contributed by atoms with Crippen LogP contribution in [-0.2, 0) is 13.1 Å². The Kier molecular flexibility index (Phi) is 3.09. The van der Waals surface area contributed by atoms with E-state index in [2.05, 4.69) is 6.07 Å². The summed E-state index contributed by atoms with van der Waals surface area (Å²) in [5, 5.41) is 0. The van der Waals surface area contributed by atoms with Gasteiger partial charge in [0.05, 0.1) is 0 Å². The summed E-state index contributed by atoms with van der Waals surface area (Å²) in [5.74, 6) is -0.222. The third-order valence-electron chi connectivity index (χ3n) is 3.69. The number of amides is 1. The van der Waals surface area contributed by atoms with Crippen LogP contribution in [0.3, 0.4) is 0 Å². The molecule has 100 valence electrons. The van der Waals surface area contributed by atoms with Gasteiger partial charge in [0.1, 0.15) is 13.7 Å². The third kappa shape index (κ3) is 2.22. The highest BCUT2D eigenvalue weighted by atomic mass is 19.1. The van der Waals surface area contributed by atoms with Crippen LogP contribution < -0.4 is 5.46 Å². The zero-order valence-corrected chi connectivity index (χ0v) is 11.6. The molecule has 0 bridgehead atoms. The minimum absolute atomic E-state index is 0.0433. The number of hydrogen-bond donors (Lipinski definition) is 0. The van der Waals surface area contributed by atoms with Crippen LogP contribution in [0, 0.1) is 12.7 Å². The molecule has 3 rings (SSSR count). The first-order valence-electron chi connectivity index (χ1n) is 6.68. The summed E-state index contributed by atoms with van der Waals surface area (Å²) in [6.07, 6.45) is 0. The summed E-state index contributed by atoms with van der Waals surface area (Å²) < 4.78 is 13.2. The lowest BCUT2D eigenvalue weighted by atomic mass is 9.90. The predicted molar refractivity (Wildman–Crippen MR) is 79.3 cm³/mol. The number of fused-ring (bicyclic) bond motifs is 1. The van der Waals surface area contributed by atoms with Gasteiger partial charge >= 0.3 is 0 Å². The van der Waals surface area contributed by atoms with E-state index in [9.17, 15) is 9.18 Å². The molecular formula is C16H15BFNO. The van der Waals surface area contributed by atoms with Gasteiger partial charge < -0.3 is 4.90 Å². The van der Waals surface area contributed by atoms with E-state index in [-0.39, 0.29) is 11.7 Å². The lowest BCUT2D eigenvalue weighted by Crippen LogP contribution is -2.23. The minimum Gasteiger partial charge on any atom is -0.330 e. The van der Waals surface area contributed by atoms with Crippen LogP contribution in [0.2, 0.25) is 0 Å². The Morgan fingerprint density at radius 3 is 2.85 bits per heavy atom. The third-order valence-corrected chi connectivity index (χ3v) is 3.69.